The van der Waals surface area contributed by atoms with Crippen LogP contribution in [0.25, 0.3) is 0 Å². The fraction of sp³-hybridized carbons (Fsp3) is 0.562. The van der Waals surface area contributed by atoms with Gasteiger partial charge in [-0.15, -0.1) is 4.40 Å². The van der Waals surface area contributed by atoms with Gasteiger partial charge in [-0.1, -0.05) is 0 Å². The first-order chi connectivity index (χ1) is 11.9. The number of amides is 2. The second kappa shape index (κ2) is 5.98. The summed E-state index contributed by atoms with van der Waals surface area (Å²) in [4.78, 5) is 30.2. The van der Waals surface area contributed by atoms with E-state index in [4.69, 9.17) is 0 Å². The molecule has 2 fully saturated rings. The number of fused-ring (bicyclic) bond motifs is 1. The molecular formula is C16H20N4O4S. The first kappa shape index (κ1) is 16.3. The third-order valence-corrected chi connectivity index (χ3v) is 6.04. The number of sulfonamides is 1. The van der Waals surface area contributed by atoms with Crippen LogP contribution in [0.5, 0.6) is 0 Å². The van der Waals surface area contributed by atoms with Crippen molar-refractivity contribution in [3.05, 3.63) is 23.9 Å². The fourth-order valence-electron chi connectivity index (χ4n) is 3.27. The zero-order valence-corrected chi connectivity index (χ0v) is 14.6. The number of carbonyl (C=O) groups excluding carboxylic acids is 2. The maximum Gasteiger partial charge on any atom is 0.257 e. The van der Waals surface area contributed by atoms with Gasteiger partial charge in [0.05, 0.1) is 11.3 Å². The highest BCUT2D eigenvalue weighted by molar-refractivity contribution is 7.90. The number of carbonyl (C=O) groups is 2. The van der Waals surface area contributed by atoms with Crippen LogP contribution in [0.3, 0.4) is 0 Å². The Balaban J connectivity index is 1.47. The summed E-state index contributed by atoms with van der Waals surface area (Å²) in [6.07, 6.45) is 7.02. The Kier molecular flexibility index (Phi) is 3.90. The molecule has 0 N–H and O–H groups in total. The average molecular weight is 364 g/mol. The van der Waals surface area contributed by atoms with Gasteiger partial charge >= 0.3 is 0 Å². The van der Waals surface area contributed by atoms with Crippen LogP contribution in [0, 0.1) is 5.92 Å². The smallest absolute Gasteiger partial charge is 0.257 e. The molecule has 1 saturated carbocycles. The summed E-state index contributed by atoms with van der Waals surface area (Å²) >= 11 is 0. The molecule has 0 radical (unpaired) electrons. The van der Waals surface area contributed by atoms with Crippen LogP contribution < -0.4 is 0 Å². The lowest BCUT2D eigenvalue weighted by Gasteiger charge is -2.36. The minimum absolute atomic E-state index is 0.0513. The van der Waals surface area contributed by atoms with Crippen LogP contribution in [0.1, 0.15) is 12.8 Å². The highest BCUT2D eigenvalue weighted by Crippen LogP contribution is 2.31. The molecule has 2 amide bonds. The first-order valence-electron chi connectivity index (χ1n) is 8.51. The number of allylic oxidation sites excluding steroid dienone is 2. The molecule has 9 heteroatoms. The van der Waals surface area contributed by atoms with Gasteiger partial charge in [0, 0.05) is 44.8 Å². The zero-order chi connectivity index (χ0) is 17.6. The van der Waals surface area contributed by atoms with Gasteiger partial charge in [-0.25, -0.2) is 8.42 Å². The number of rotatable bonds is 2. The molecule has 4 rings (SSSR count). The average Bonchev–Trinajstić information content (AvgIpc) is 3.44. The largest absolute Gasteiger partial charge is 0.339 e. The quantitative estimate of drug-likeness (QED) is 0.663. The summed E-state index contributed by atoms with van der Waals surface area (Å²) in [5.41, 5.74) is 0.299. The van der Waals surface area contributed by atoms with Crippen LogP contribution in [0.2, 0.25) is 0 Å². The molecular weight excluding hydrogens is 344 g/mol. The van der Waals surface area contributed by atoms with E-state index >= 15 is 0 Å². The molecule has 0 unspecified atom stereocenters. The lowest BCUT2D eigenvalue weighted by Crippen LogP contribution is -2.52. The Morgan fingerprint density at radius 2 is 1.72 bits per heavy atom. The third kappa shape index (κ3) is 3.20. The molecule has 0 aromatic rings. The predicted molar refractivity (Wildman–Crippen MR) is 91.0 cm³/mol. The standard InChI is InChI=1S/C16H20N4O4S/c21-15(12-3-4-12)19-6-8-20(9-7-19)16(22)13-2-1-5-18-10-11-25(23,24)17-14(13)18/h1-2,5,12H,3-4,6-11H2. The summed E-state index contributed by atoms with van der Waals surface area (Å²) < 4.78 is 27.4. The van der Waals surface area contributed by atoms with E-state index in [0.717, 1.165) is 12.8 Å². The van der Waals surface area contributed by atoms with Crippen molar-refractivity contribution in [3.63, 3.8) is 0 Å². The van der Waals surface area contributed by atoms with Gasteiger partial charge in [0.1, 0.15) is 0 Å². The van der Waals surface area contributed by atoms with Gasteiger partial charge in [0.15, 0.2) is 5.84 Å². The van der Waals surface area contributed by atoms with Gasteiger partial charge in [0.2, 0.25) is 5.91 Å². The van der Waals surface area contributed by atoms with E-state index < -0.39 is 10.0 Å². The normalized spacial score (nSPS) is 25.2. The predicted octanol–water partition coefficient (Wildman–Crippen LogP) is -0.435. The van der Waals surface area contributed by atoms with Crippen molar-refractivity contribution in [3.8, 4) is 0 Å². The zero-order valence-electron chi connectivity index (χ0n) is 13.8. The molecule has 134 valence electrons. The molecule has 0 bridgehead atoms. The number of hydrogen-bond acceptors (Lipinski definition) is 5. The maximum absolute atomic E-state index is 12.9. The van der Waals surface area contributed by atoms with Gasteiger partial charge in [-0.2, -0.15) is 0 Å². The van der Waals surface area contributed by atoms with Crippen molar-refractivity contribution in [2.45, 2.75) is 12.8 Å². The number of hydrogen-bond donors (Lipinski definition) is 0. The van der Waals surface area contributed by atoms with E-state index in [1.54, 1.807) is 28.2 Å². The lowest BCUT2D eigenvalue weighted by atomic mass is 10.1. The third-order valence-electron chi connectivity index (χ3n) is 4.89. The minimum Gasteiger partial charge on any atom is -0.339 e. The molecule has 1 aliphatic carbocycles. The van der Waals surface area contributed by atoms with E-state index in [0.29, 0.717) is 38.3 Å². The summed E-state index contributed by atoms with van der Waals surface area (Å²) in [7, 11) is -3.52. The van der Waals surface area contributed by atoms with Gasteiger partial charge in [-0.05, 0) is 25.0 Å². The van der Waals surface area contributed by atoms with Gasteiger partial charge < -0.3 is 14.7 Å². The second-order valence-electron chi connectivity index (χ2n) is 6.71. The molecule has 25 heavy (non-hydrogen) atoms. The van der Waals surface area contributed by atoms with Crippen molar-refractivity contribution < 1.29 is 18.0 Å². The van der Waals surface area contributed by atoms with E-state index in [9.17, 15) is 18.0 Å². The highest BCUT2D eigenvalue weighted by Gasteiger charge is 2.37. The van der Waals surface area contributed by atoms with E-state index in [1.807, 2.05) is 4.90 Å². The molecule has 3 aliphatic heterocycles. The van der Waals surface area contributed by atoms with Crippen LogP contribution in [-0.4, -0.2) is 79.2 Å². The highest BCUT2D eigenvalue weighted by atomic mass is 32.2. The lowest BCUT2D eigenvalue weighted by molar-refractivity contribution is -0.138. The summed E-state index contributed by atoms with van der Waals surface area (Å²) in [5, 5.41) is 0. The van der Waals surface area contributed by atoms with E-state index in [-0.39, 0.29) is 29.3 Å². The monoisotopic (exact) mass is 364 g/mol. The van der Waals surface area contributed by atoms with E-state index in [2.05, 4.69) is 4.40 Å². The summed E-state index contributed by atoms with van der Waals surface area (Å²) in [6.45, 7) is 2.26. The fourth-order valence-corrected chi connectivity index (χ4v) is 4.26. The Hall–Kier alpha value is -2.16. The SMILES string of the molecule is O=C(C1=CC=CN2CCS(=O)(=O)N=C12)N1CCN(C(=O)C2CC2)CC1. The van der Waals surface area contributed by atoms with Crippen molar-refractivity contribution >= 4 is 27.7 Å². The van der Waals surface area contributed by atoms with Gasteiger partial charge in [-0.3, -0.25) is 9.59 Å². The van der Waals surface area contributed by atoms with Crippen LogP contribution >= 0.6 is 0 Å². The second-order valence-corrected chi connectivity index (χ2v) is 8.46. The first-order valence-corrected chi connectivity index (χ1v) is 10.1. The Morgan fingerprint density at radius 1 is 1.04 bits per heavy atom. The number of piperazine rings is 1. The molecule has 0 atom stereocenters. The van der Waals surface area contributed by atoms with Crippen molar-refractivity contribution in [2.24, 2.45) is 10.3 Å². The summed E-state index contributed by atoms with van der Waals surface area (Å²) in [6, 6.07) is 0. The van der Waals surface area contributed by atoms with Crippen LogP contribution in [-0.2, 0) is 19.6 Å². The molecule has 0 spiro atoms. The Labute approximate surface area is 146 Å². The van der Waals surface area contributed by atoms with Gasteiger partial charge in [0.25, 0.3) is 15.9 Å². The van der Waals surface area contributed by atoms with Crippen molar-refractivity contribution in [2.75, 3.05) is 38.5 Å². The minimum atomic E-state index is -3.52. The number of nitrogens with zero attached hydrogens (tertiary/aromatic N) is 4. The summed E-state index contributed by atoms with van der Waals surface area (Å²) in [5.74, 6) is 0.299. The molecule has 0 aromatic carbocycles. The van der Waals surface area contributed by atoms with Crippen LogP contribution in [0.4, 0.5) is 0 Å². The Bertz CT molecular complexity index is 802. The molecule has 8 nitrogen and oxygen atoms in total. The number of amidine groups is 1. The molecule has 3 heterocycles. The Morgan fingerprint density at radius 3 is 2.40 bits per heavy atom. The van der Waals surface area contributed by atoms with Crippen molar-refractivity contribution in [1.82, 2.24) is 14.7 Å². The van der Waals surface area contributed by atoms with Crippen molar-refractivity contribution in [1.29, 1.82) is 0 Å². The molecule has 4 aliphatic rings. The topological polar surface area (TPSA) is 90.4 Å². The van der Waals surface area contributed by atoms with E-state index in [1.165, 1.54) is 0 Å². The van der Waals surface area contributed by atoms with Crippen LogP contribution in [0.15, 0.2) is 28.3 Å². The maximum atomic E-state index is 12.9. The molecule has 1 saturated heterocycles. The molecule has 0 aromatic heterocycles.